The van der Waals surface area contributed by atoms with Crippen LogP contribution in [0.4, 0.5) is 0 Å². The SMILES string of the molecule is CNC(NC=O)N(C)C(C)C. The average Bonchev–Trinajstić information content (AvgIpc) is 1.98. The molecule has 4 heteroatoms. The lowest BCUT2D eigenvalue weighted by molar-refractivity contribution is -0.111. The Morgan fingerprint density at radius 2 is 2.00 bits per heavy atom. The summed E-state index contributed by atoms with van der Waals surface area (Å²) in [5.74, 6) is 0. The molecular weight excluding hydrogens is 142 g/mol. The fourth-order valence-electron chi connectivity index (χ4n) is 0.767. The zero-order valence-corrected chi connectivity index (χ0v) is 7.59. The normalized spacial score (nSPS) is 13.6. The first-order chi connectivity index (χ1) is 5.13. The van der Waals surface area contributed by atoms with Crippen LogP contribution in [-0.4, -0.2) is 37.7 Å². The molecule has 0 aliphatic carbocycles. The summed E-state index contributed by atoms with van der Waals surface area (Å²) in [6, 6.07) is 0.403. The van der Waals surface area contributed by atoms with Gasteiger partial charge in [0, 0.05) is 6.04 Å². The Morgan fingerprint density at radius 1 is 1.45 bits per heavy atom. The Bertz CT molecular complexity index is 116. The first kappa shape index (κ1) is 10.4. The zero-order chi connectivity index (χ0) is 8.85. The lowest BCUT2D eigenvalue weighted by Crippen LogP contribution is -2.53. The van der Waals surface area contributed by atoms with Crippen LogP contribution < -0.4 is 10.6 Å². The fourth-order valence-corrected chi connectivity index (χ4v) is 0.767. The third-order valence-electron chi connectivity index (χ3n) is 1.72. The molecule has 2 N–H and O–H groups in total. The predicted octanol–water partition coefficient (Wildman–Crippen LogP) is -0.424. The maximum absolute atomic E-state index is 10.1. The van der Waals surface area contributed by atoms with Crippen LogP contribution in [0.5, 0.6) is 0 Å². The van der Waals surface area contributed by atoms with Crippen molar-refractivity contribution in [3.8, 4) is 0 Å². The molecule has 0 aromatic rings. The summed E-state index contributed by atoms with van der Waals surface area (Å²) in [4.78, 5) is 12.1. The molecule has 0 aliphatic heterocycles. The van der Waals surface area contributed by atoms with Gasteiger partial charge in [0.25, 0.3) is 0 Å². The monoisotopic (exact) mass is 159 g/mol. The molecule has 0 spiro atoms. The van der Waals surface area contributed by atoms with E-state index in [0.29, 0.717) is 12.5 Å². The van der Waals surface area contributed by atoms with E-state index in [9.17, 15) is 4.79 Å². The highest BCUT2D eigenvalue weighted by atomic mass is 16.1. The molecule has 66 valence electrons. The van der Waals surface area contributed by atoms with E-state index in [4.69, 9.17) is 0 Å². The van der Waals surface area contributed by atoms with Crippen LogP contribution >= 0.6 is 0 Å². The molecule has 4 nitrogen and oxygen atoms in total. The van der Waals surface area contributed by atoms with Crippen molar-refractivity contribution in [3.05, 3.63) is 0 Å². The van der Waals surface area contributed by atoms with Crippen molar-refractivity contribution in [2.75, 3.05) is 14.1 Å². The second kappa shape index (κ2) is 5.09. The lowest BCUT2D eigenvalue weighted by Gasteiger charge is -2.29. The third-order valence-corrected chi connectivity index (χ3v) is 1.72. The Kier molecular flexibility index (Phi) is 4.81. The Labute approximate surface area is 67.9 Å². The number of nitrogens with one attached hydrogen (secondary N) is 2. The van der Waals surface area contributed by atoms with Gasteiger partial charge in [0.05, 0.1) is 0 Å². The van der Waals surface area contributed by atoms with Gasteiger partial charge < -0.3 is 5.32 Å². The highest BCUT2D eigenvalue weighted by Crippen LogP contribution is 1.94. The number of hydrogen-bond donors (Lipinski definition) is 2. The molecular formula is C7H17N3O. The van der Waals surface area contributed by atoms with E-state index in [2.05, 4.69) is 24.5 Å². The summed E-state index contributed by atoms with van der Waals surface area (Å²) < 4.78 is 0. The average molecular weight is 159 g/mol. The summed E-state index contributed by atoms with van der Waals surface area (Å²) in [5.41, 5.74) is 0. The van der Waals surface area contributed by atoms with Crippen LogP contribution in [0.25, 0.3) is 0 Å². The van der Waals surface area contributed by atoms with Crippen molar-refractivity contribution in [1.29, 1.82) is 0 Å². The van der Waals surface area contributed by atoms with Crippen LogP contribution in [0, 0.1) is 0 Å². The van der Waals surface area contributed by atoms with Gasteiger partial charge in [-0.3, -0.25) is 15.0 Å². The Balaban J connectivity index is 3.90. The fraction of sp³-hybridized carbons (Fsp3) is 0.857. The number of amides is 1. The molecule has 0 radical (unpaired) electrons. The molecule has 1 atom stereocenters. The van der Waals surface area contributed by atoms with E-state index < -0.39 is 0 Å². The molecule has 0 aromatic carbocycles. The molecule has 0 bridgehead atoms. The minimum atomic E-state index is -0.0764. The van der Waals surface area contributed by atoms with Crippen molar-refractivity contribution in [2.45, 2.75) is 26.2 Å². The number of rotatable bonds is 5. The Morgan fingerprint density at radius 3 is 2.27 bits per heavy atom. The highest BCUT2D eigenvalue weighted by Gasteiger charge is 2.12. The third kappa shape index (κ3) is 3.34. The van der Waals surface area contributed by atoms with Crippen LogP contribution in [0.15, 0.2) is 0 Å². The van der Waals surface area contributed by atoms with Crippen molar-refractivity contribution in [2.24, 2.45) is 0 Å². The smallest absolute Gasteiger partial charge is 0.209 e. The van der Waals surface area contributed by atoms with Crippen molar-refractivity contribution >= 4 is 6.41 Å². The first-order valence-electron chi connectivity index (χ1n) is 3.72. The lowest BCUT2D eigenvalue weighted by atomic mass is 10.3. The molecule has 0 heterocycles. The molecule has 0 fully saturated rings. The molecule has 1 amide bonds. The largest absolute Gasteiger partial charge is 0.331 e. The summed E-state index contributed by atoms with van der Waals surface area (Å²) in [6.07, 6.45) is 0.618. The zero-order valence-electron chi connectivity index (χ0n) is 7.59. The van der Waals surface area contributed by atoms with Crippen LogP contribution in [0.2, 0.25) is 0 Å². The van der Waals surface area contributed by atoms with Crippen LogP contribution in [0.1, 0.15) is 13.8 Å². The minimum Gasteiger partial charge on any atom is -0.331 e. The van der Waals surface area contributed by atoms with Gasteiger partial charge in [0.1, 0.15) is 6.29 Å². The number of hydrogen-bond acceptors (Lipinski definition) is 3. The molecule has 0 aliphatic rings. The van der Waals surface area contributed by atoms with E-state index in [1.807, 2.05) is 11.9 Å². The maximum Gasteiger partial charge on any atom is 0.209 e. The molecule has 1 unspecified atom stereocenters. The van der Waals surface area contributed by atoms with E-state index in [0.717, 1.165) is 0 Å². The second-order valence-electron chi connectivity index (χ2n) is 2.73. The van der Waals surface area contributed by atoms with Crippen molar-refractivity contribution in [1.82, 2.24) is 15.5 Å². The predicted molar refractivity (Wildman–Crippen MR) is 44.9 cm³/mol. The van der Waals surface area contributed by atoms with Crippen LogP contribution in [0.3, 0.4) is 0 Å². The molecule has 0 saturated carbocycles. The first-order valence-corrected chi connectivity index (χ1v) is 3.72. The maximum atomic E-state index is 10.1. The number of carbonyl (C=O) groups is 1. The summed E-state index contributed by atoms with van der Waals surface area (Å²) >= 11 is 0. The molecule has 0 aromatic heterocycles. The minimum absolute atomic E-state index is 0.0764. The molecule has 0 saturated heterocycles. The van der Waals surface area contributed by atoms with E-state index in [1.54, 1.807) is 7.05 Å². The van der Waals surface area contributed by atoms with Gasteiger partial charge in [0.2, 0.25) is 6.41 Å². The summed E-state index contributed by atoms with van der Waals surface area (Å²) in [5, 5.41) is 5.62. The van der Waals surface area contributed by atoms with Gasteiger partial charge in [0.15, 0.2) is 0 Å². The van der Waals surface area contributed by atoms with Crippen molar-refractivity contribution in [3.63, 3.8) is 0 Å². The topological polar surface area (TPSA) is 44.4 Å². The van der Waals surface area contributed by atoms with Gasteiger partial charge in [-0.1, -0.05) is 0 Å². The Hall–Kier alpha value is -0.610. The second-order valence-corrected chi connectivity index (χ2v) is 2.73. The van der Waals surface area contributed by atoms with E-state index >= 15 is 0 Å². The van der Waals surface area contributed by atoms with Gasteiger partial charge in [-0.25, -0.2) is 0 Å². The van der Waals surface area contributed by atoms with Gasteiger partial charge >= 0.3 is 0 Å². The van der Waals surface area contributed by atoms with E-state index in [-0.39, 0.29) is 6.29 Å². The molecule has 0 rings (SSSR count). The van der Waals surface area contributed by atoms with Crippen LogP contribution in [-0.2, 0) is 4.79 Å². The quantitative estimate of drug-likeness (QED) is 0.423. The van der Waals surface area contributed by atoms with Gasteiger partial charge in [-0.05, 0) is 27.9 Å². The van der Waals surface area contributed by atoms with Gasteiger partial charge in [-0.15, -0.1) is 0 Å². The highest BCUT2D eigenvalue weighted by molar-refractivity contribution is 5.46. The standard InChI is InChI=1S/C7H17N3O/c1-6(2)10(4)7(8-3)9-5-11/h5-8H,1-4H3,(H,9,11). The van der Waals surface area contributed by atoms with Gasteiger partial charge in [-0.2, -0.15) is 0 Å². The summed E-state index contributed by atoms with van der Waals surface area (Å²) in [7, 11) is 3.75. The summed E-state index contributed by atoms with van der Waals surface area (Å²) in [6.45, 7) is 4.13. The number of carbonyl (C=O) groups excluding carboxylic acids is 1. The van der Waals surface area contributed by atoms with E-state index in [1.165, 1.54) is 0 Å². The molecule has 11 heavy (non-hydrogen) atoms. The van der Waals surface area contributed by atoms with Crippen molar-refractivity contribution < 1.29 is 4.79 Å². The number of nitrogens with zero attached hydrogens (tertiary/aromatic N) is 1.